The fraction of sp³-hybridized carbons (Fsp3) is 0.167. The van der Waals surface area contributed by atoms with Gasteiger partial charge in [-0.3, -0.25) is 4.98 Å². The van der Waals surface area contributed by atoms with Crippen LogP contribution < -0.4 is 0 Å². The Kier molecular flexibility index (Phi) is 3.88. The Morgan fingerprint density at radius 3 is 2.72 bits per heavy atom. The second-order valence-corrected chi connectivity index (χ2v) is 4.20. The lowest BCUT2D eigenvalue weighted by molar-refractivity contribution is 0.0593. The van der Waals surface area contributed by atoms with Gasteiger partial charge in [0.2, 0.25) is 0 Å². The minimum absolute atomic E-state index is 0.184. The van der Waals surface area contributed by atoms with Gasteiger partial charge in [-0.1, -0.05) is 0 Å². The molecule has 5 nitrogen and oxygen atoms in total. The fourth-order valence-corrected chi connectivity index (χ4v) is 1.72. The van der Waals surface area contributed by atoms with Crippen molar-refractivity contribution in [3.05, 3.63) is 36.4 Å². The molecule has 0 spiro atoms. The summed E-state index contributed by atoms with van der Waals surface area (Å²) in [5.74, 6) is -0.502. The highest BCUT2D eigenvalue weighted by molar-refractivity contribution is 7.98. The third-order valence-electron chi connectivity index (χ3n) is 2.27. The number of rotatable bonds is 3. The van der Waals surface area contributed by atoms with Crippen LogP contribution in [0.15, 0.2) is 35.7 Å². The second-order valence-electron chi connectivity index (χ2n) is 3.37. The maximum absolute atomic E-state index is 11.4. The largest absolute Gasteiger partial charge is 0.464 e. The molecular formula is C12H11N3O2S. The van der Waals surface area contributed by atoms with E-state index >= 15 is 0 Å². The Hall–Kier alpha value is -1.95. The SMILES string of the molecule is COC(=O)c1cncc(-c2ccc(SC)nc2)n1. The summed E-state index contributed by atoms with van der Waals surface area (Å²) >= 11 is 1.56. The van der Waals surface area contributed by atoms with E-state index in [0.717, 1.165) is 10.6 Å². The van der Waals surface area contributed by atoms with Crippen LogP contribution in [0.25, 0.3) is 11.3 Å². The molecule has 0 amide bonds. The van der Waals surface area contributed by atoms with Gasteiger partial charge >= 0.3 is 5.97 Å². The van der Waals surface area contributed by atoms with Gasteiger partial charge in [-0.25, -0.2) is 14.8 Å². The van der Waals surface area contributed by atoms with E-state index in [-0.39, 0.29) is 5.69 Å². The Morgan fingerprint density at radius 1 is 1.28 bits per heavy atom. The average Bonchev–Trinajstić information content (AvgIpc) is 2.46. The maximum Gasteiger partial charge on any atom is 0.358 e. The average molecular weight is 261 g/mol. The number of carbonyl (C=O) groups excluding carboxylic acids is 1. The Labute approximate surface area is 109 Å². The first-order chi connectivity index (χ1) is 8.74. The number of hydrogen-bond acceptors (Lipinski definition) is 6. The minimum atomic E-state index is -0.502. The van der Waals surface area contributed by atoms with Crippen molar-refractivity contribution in [3.8, 4) is 11.3 Å². The molecule has 0 bridgehead atoms. The highest BCUT2D eigenvalue weighted by Gasteiger charge is 2.09. The minimum Gasteiger partial charge on any atom is -0.464 e. The van der Waals surface area contributed by atoms with Crippen molar-refractivity contribution in [2.24, 2.45) is 0 Å². The number of thioether (sulfide) groups is 1. The molecule has 6 heteroatoms. The molecule has 0 unspecified atom stereocenters. The zero-order valence-electron chi connectivity index (χ0n) is 9.95. The number of carbonyl (C=O) groups is 1. The molecule has 0 aromatic carbocycles. The highest BCUT2D eigenvalue weighted by Crippen LogP contribution is 2.18. The smallest absolute Gasteiger partial charge is 0.358 e. The second kappa shape index (κ2) is 5.59. The predicted molar refractivity (Wildman–Crippen MR) is 68.4 cm³/mol. The number of hydrogen-bond donors (Lipinski definition) is 0. The molecule has 0 aliphatic heterocycles. The first kappa shape index (κ1) is 12.5. The third kappa shape index (κ3) is 2.65. The van der Waals surface area contributed by atoms with Gasteiger partial charge in [0, 0.05) is 11.8 Å². The molecule has 0 N–H and O–H groups in total. The summed E-state index contributed by atoms with van der Waals surface area (Å²) in [5, 5.41) is 0.927. The fourth-order valence-electron chi connectivity index (χ4n) is 1.36. The molecule has 0 fully saturated rings. The lowest BCUT2D eigenvalue weighted by Gasteiger charge is -2.03. The maximum atomic E-state index is 11.4. The van der Waals surface area contributed by atoms with Crippen molar-refractivity contribution in [2.45, 2.75) is 5.03 Å². The van der Waals surface area contributed by atoms with Crippen LogP contribution in [0, 0.1) is 0 Å². The molecule has 18 heavy (non-hydrogen) atoms. The molecule has 2 rings (SSSR count). The van der Waals surface area contributed by atoms with E-state index in [1.807, 2.05) is 18.4 Å². The summed E-state index contributed by atoms with van der Waals surface area (Å²) in [5.41, 5.74) is 1.59. The molecule has 0 saturated heterocycles. The molecule has 2 heterocycles. The van der Waals surface area contributed by atoms with Gasteiger partial charge in [0.15, 0.2) is 5.69 Å². The van der Waals surface area contributed by atoms with Crippen molar-refractivity contribution in [1.82, 2.24) is 15.0 Å². The van der Waals surface area contributed by atoms with Crippen LogP contribution in [-0.4, -0.2) is 34.3 Å². The molecule has 92 valence electrons. The van der Waals surface area contributed by atoms with Gasteiger partial charge in [-0.05, 0) is 18.4 Å². The number of esters is 1. The van der Waals surface area contributed by atoms with Gasteiger partial charge in [0.25, 0.3) is 0 Å². The Morgan fingerprint density at radius 2 is 2.11 bits per heavy atom. The summed E-state index contributed by atoms with van der Waals surface area (Å²) in [6, 6.07) is 3.79. The molecule has 0 radical (unpaired) electrons. The zero-order valence-corrected chi connectivity index (χ0v) is 10.8. The molecule has 0 saturated carbocycles. The lowest BCUT2D eigenvalue weighted by atomic mass is 10.2. The predicted octanol–water partition coefficient (Wildman–Crippen LogP) is 2.05. The van der Waals surface area contributed by atoms with Gasteiger partial charge in [-0.15, -0.1) is 11.8 Å². The molecule has 2 aromatic rings. The number of nitrogens with zero attached hydrogens (tertiary/aromatic N) is 3. The molecule has 0 atom stereocenters. The Balaban J connectivity index is 2.35. The lowest BCUT2D eigenvalue weighted by Crippen LogP contribution is -2.05. The summed E-state index contributed by atoms with van der Waals surface area (Å²) in [7, 11) is 1.31. The van der Waals surface area contributed by atoms with Crippen LogP contribution in [0.4, 0.5) is 0 Å². The van der Waals surface area contributed by atoms with E-state index in [0.29, 0.717) is 5.69 Å². The molecule has 0 aliphatic carbocycles. The summed E-state index contributed by atoms with van der Waals surface area (Å²) in [6.45, 7) is 0. The van der Waals surface area contributed by atoms with Crippen LogP contribution in [0.1, 0.15) is 10.5 Å². The number of methoxy groups -OCH3 is 1. The van der Waals surface area contributed by atoms with Crippen LogP contribution >= 0.6 is 11.8 Å². The van der Waals surface area contributed by atoms with Crippen LogP contribution in [-0.2, 0) is 4.74 Å². The molecule has 2 aromatic heterocycles. The monoisotopic (exact) mass is 261 g/mol. The van der Waals surface area contributed by atoms with Crippen LogP contribution in [0.3, 0.4) is 0 Å². The molecular weight excluding hydrogens is 250 g/mol. The normalized spacial score (nSPS) is 10.1. The topological polar surface area (TPSA) is 65.0 Å². The number of ether oxygens (including phenoxy) is 1. The van der Waals surface area contributed by atoms with E-state index in [1.54, 1.807) is 24.2 Å². The third-order valence-corrected chi connectivity index (χ3v) is 2.93. The van der Waals surface area contributed by atoms with Crippen molar-refractivity contribution in [3.63, 3.8) is 0 Å². The van der Waals surface area contributed by atoms with Crippen LogP contribution in [0.5, 0.6) is 0 Å². The first-order valence-electron chi connectivity index (χ1n) is 5.15. The van der Waals surface area contributed by atoms with E-state index in [2.05, 4.69) is 19.7 Å². The number of pyridine rings is 1. The van der Waals surface area contributed by atoms with E-state index in [1.165, 1.54) is 13.3 Å². The van der Waals surface area contributed by atoms with Gasteiger partial charge < -0.3 is 4.74 Å². The summed E-state index contributed by atoms with van der Waals surface area (Å²) < 4.78 is 4.60. The van der Waals surface area contributed by atoms with Crippen LogP contribution in [0.2, 0.25) is 0 Å². The van der Waals surface area contributed by atoms with E-state index in [4.69, 9.17) is 0 Å². The molecule has 0 aliphatic rings. The van der Waals surface area contributed by atoms with Crippen molar-refractivity contribution in [2.75, 3.05) is 13.4 Å². The Bertz CT molecular complexity index is 558. The van der Waals surface area contributed by atoms with Crippen molar-refractivity contribution >= 4 is 17.7 Å². The van der Waals surface area contributed by atoms with E-state index in [9.17, 15) is 4.79 Å². The van der Waals surface area contributed by atoms with Crippen molar-refractivity contribution < 1.29 is 9.53 Å². The van der Waals surface area contributed by atoms with Gasteiger partial charge in [0.1, 0.15) is 0 Å². The first-order valence-corrected chi connectivity index (χ1v) is 6.38. The zero-order chi connectivity index (χ0) is 13.0. The van der Waals surface area contributed by atoms with Gasteiger partial charge in [-0.2, -0.15) is 0 Å². The van der Waals surface area contributed by atoms with Gasteiger partial charge in [0.05, 0.1) is 30.2 Å². The standard InChI is InChI=1S/C12H11N3O2S/c1-17-12(16)10-7-13-6-9(15-10)8-3-4-11(18-2)14-5-8/h3-7H,1-2H3. The highest BCUT2D eigenvalue weighted by atomic mass is 32.2. The number of aromatic nitrogens is 3. The van der Waals surface area contributed by atoms with E-state index < -0.39 is 5.97 Å². The summed E-state index contributed by atoms with van der Waals surface area (Å²) in [6.07, 6.45) is 6.62. The van der Waals surface area contributed by atoms with Crippen molar-refractivity contribution in [1.29, 1.82) is 0 Å². The summed E-state index contributed by atoms with van der Waals surface area (Å²) in [4.78, 5) is 23.8. The quantitative estimate of drug-likeness (QED) is 0.622.